The molecule has 3 aromatic heterocycles. The van der Waals surface area contributed by atoms with Gasteiger partial charge in [0.25, 0.3) is 0 Å². The number of benzene rings is 3. The lowest BCUT2D eigenvalue weighted by molar-refractivity contribution is 0.298. The number of H-pyrrole nitrogens is 2. The Morgan fingerprint density at radius 3 is 2.39 bits per heavy atom. The molecule has 1 aliphatic heterocycles. The zero-order valence-corrected chi connectivity index (χ0v) is 20.8. The minimum absolute atomic E-state index is 0.320. The van der Waals surface area contributed by atoms with E-state index in [2.05, 4.69) is 80.1 Å². The number of aromatic amines is 2. The molecule has 178 valence electrons. The van der Waals surface area contributed by atoms with Crippen LogP contribution in [0.15, 0.2) is 54.7 Å². The van der Waals surface area contributed by atoms with Gasteiger partial charge >= 0.3 is 0 Å². The predicted molar refractivity (Wildman–Crippen MR) is 144 cm³/mol. The largest absolute Gasteiger partial charge is 0.486 e. The van der Waals surface area contributed by atoms with Crippen LogP contribution in [0.2, 0.25) is 0 Å². The number of pyridine rings is 1. The Kier molecular flexibility index (Phi) is 4.49. The topological polar surface area (TPSA) is 79.5 Å². The van der Waals surface area contributed by atoms with E-state index >= 15 is 0 Å². The third kappa shape index (κ3) is 3.07. The highest BCUT2D eigenvalue weighted by Gasteiger charge is 2.23. The maximum atomic E-state index is 6.14. The van der Waals surface area contributed by atoms with E-state index in [0.29, 0.717) is 18.4 Å². The van der Waals surface area contributed by atoms with Crippen LogP contribution in [0.25, 0.3) is 55.1 Å². The van der Waals surface area contributed by atoms with Crippen molar-refractivity contribution in [1.29, 1.82) is 0 Å². The zero-order chi connectivity index (χ0) is 24.6. The third-order valence-electron chi connectivity index (χ3n) is 7.17. The number of nitrogens with zero attached hydrogens (tertiary/aromatic N) is 3. The van der Waals surface area contributed by atoms with Gasteiger partial charge in [-0.3, -0.25) is 4.98 Å². The molecular formula is C30H27N5O. The highest BCUT2D eigenvalue weighted by atomic mass is 16.5. The van der Waals surface area contributed by atoms with Gasteiger partial charge in [-0.2, -0.15) is 0 Å². The van der Waals surface area contributed by atoms with Crippen molar-refractivity contribution < 1.29 is 4.74 Å². The van der Waals surface area contributed by atoms with Crippen LogP contribution >= 0.6 is 0 Å². The number of aromatic nitrogens is 5. The molecule has 4 heterocycles. The Morgan fingerprint density at radius 2 is 1.56 bits per heavy atom. The molecule has 6 nitrogen and oxygen atoms in total. The van der Waals surface area contributed by atoms with Crippen molar-refractivity contribution in [1.82, 2.24) is 24.9 Å². The summed E-state index contributed by atoms with van der Waals surface area (Å²) in [5.74, 6) is 3.54. The monoisotopic (exact) mass is 473 g/mol. The van der Waals surface area contributed by atoms with Crippen LogP contribution in [0.3, 0.4) is 0 Å². The highest BCUT2D eigenvalue weighted by molar-refractivity contribution is 6.22. The van der Waals surface area contributed by atoms with E-state index in [0.717, 1.165) is 78.2 Å². The molecule has 0 atom stereocenters. The molecular weight excluding hydrogens is 446 g/mol. The second kappa shape index (κ2) is 7.65. The molecule has 2 N–H and O–H groups in total. The second-order valence-electron chi connectivity index (χ2n) is 10.3. The molecule has 0 saturated heterocycles. The van der Waals surface area contributed by atoms with E-state index in [1.54, 1.807) is 0 Å². The van der Waals surface area contributed by atoms with Crippen molar-refractivity contribution >= 4 is 32.7 Å². The summed E-state index contributed by atoms with van der Waals surface area (Å²) in [5, 5.41) is 3.32. The van der Waals surface area contributed by atoms with Gasteiger partial charge in [-0.1, -0.05) is 45.9 Å². The number of hydrogen-bond acceptors (Lipinski definition) is 4. The zero-order valence-electron chi connectivity index (χ0n) is 20.8. The van der Waals surface area contributed by atoms with Gasteiger partial charge in [0.15, 0.2) is 0 Å². The van der Waals surface area contributed by atoms with Gasteiger partial charge in [-0.25, -0.2) is 9.97 Å². The second-order valence-corrected chi connectivity index (χ2v) is 10.3. The lowest BCUT2D eigenvalue weighted by Gasteiger charge is -2.18. The average molecular weight is 474 g/mol. The van der Waals surface area contributed by atoms with Crippen molar-refractivity contribution in [3.8, 4) is 28.1 Å². The summed E-state index contributed by atoms with van der Waals surface area (Å²) in [6.45, 7) is 9.10. The van der Waals surface area contributed by atoms with Gasteiger partial charge in [0.05, 0.1) is 22.2 Å². The fraction of sp³-hybridized carbons (Fsp3) is 0.233. The van der Waals surface area contributed by atoms with Crippen LogP contribution < -0.4 is 4.74 Å². The first-order chi connectivity index (χ1) is 17.5. The first-order valence-electron chi connectivity index (χ1n) is 12.5. The Bertz CT molecular complexity index is 1810. The Hall–Kier alpha value is -4.19. The molecule has 0 aliphatic carbocycles. The van der Waals surface area contributed by atoms with Gasteiger partial charge in [0.2, 0.25) is 0 Å². The summed E-state index contributed by atoms with van der Waals surface area (Å²) in [4.78, 5) is 21.5. The minimum Gasteiger partial charge on any atom is -0.486 e. The normalized spacial score (nSPS) is 13.1. The molecule has 1 aliphatic rings. The Labute approximate surface area is 208 Å². The smallest absolute Gasteiger partial charge is 0.132 e. The summed E-state index contributed by atoms with van der Waals surface area (Å²) in [7, 11) is 0. The minimum atomic E-state index is 0.320. The maximum Gasteiger partial charge on any atom is 0.132 e. The summed E-state index contributed by atoms with van der Waals surface area (Å²) < 4.78 is 6.14. The summed E-state index contributed by atoms with van der Waals surface area (Å²) in [5.41, 5.74) is 8.38. The van der Waals surface area contributed by atoms with Crippen LogP contribution in [0.5, 0.6) is 5.75 Å². The van der Waals surface area contributed by atoms with E-state index in [9.17, 15) is 0 Å². The van der Waals surface area contributed by atoms with Gasteiger partial charge in [0.1, 0.15) is 29.7 Å². The summed E-state index contributed by atoms with van der Waals surface area (Å²) >= 11 is 0. The number of nitrogens with one attached hydrogen (secondary N) is 2. The molecule has 7 rings (SSSR count). The molecule has 3 aromatic carbocycles. The first kappa shape index (κ1) is 21.1. The van der Waals surface area contributed by atoms with Crippen molar-refractivity contribution in [3.63, 3.8) is 0 Å². The Balaban J connectivity index is 1.40. The van der Waals surface area contributed by atoms with Crippen LogP contribution in [-0.2, 0) is 6.61 Å². The fourth-order valence-corrected chi connectivity index (χ4v) is 5.21. The molecule has 0 fully saturated rings. The molecule has 36 heavy (non-hydrogen) atoms. The highest BCUT2D eigenvalue weighted by Crippen LogP contribution is 2.41. The number of fused-ring (bicyclic) bond motifs is 9. The van der Waals surface area contributed by atoms with E-state index < -0.39 is 0 Å². The van der Waals surface area contributed by atoms with Crippen LogP contribution in [-0.4, -0.2) is 24.9 Å². The average Bonchev–Trinajstić information content (AvgIpc) is 3.54. The van der Waals surface area contributed by atoms with Crippen molar-refractivity contribution in [2.45, 2.75) is 46.1 Å². The molecule has 0 radical (unpaired) electrons. The Morgan fingerprint density at radius 1 is 0.778 bits per heavy atom. The van der Waals surface area contributed by atoms with E-state index in [1.165, 1.54) is 0 Å². The summed E-state index contributed by atoms with van der Waals surface area (Å²) in [6.07, 6.45) is 1.86. The molecule has 6 aromatic rings. The number of ether oxygens (including phenoxy) is 1. The van der Waals surface area contributed by atoms with Crippen LogP contribution in [0.1, 0.15) is 56.9 Å². The third-order valence-corrected chi connectivity index (χ3v) is 7.17. The quantitative estimate of drug-likeness (QED) is 0.261. The van der Waals surface area contributed by atoms with E-state index in [4.69, 9.17) is 19.7 Å². The van der Waals surface area contributed by atoms with Gasteiger partial charge in [-0.15, -0.1) is 0 Å². The molecule has 0 amide bonds. The van der Waals surface area contributed by atoms with Crippen molar-refractivity contribution in [2.75, 3.05) is 0 Å². The van der Waals surface area contributed by atoms with Gasteiger partial charge in [-0.05, 0) is 41.5 Å². The predicted octanol–water partition coefficient (Wildman–Crippen LogP) is 7.46. The number of rotatable bonds is 3. The van der Waals surface area contributed by atoms with Crippen molar-refractivity contribution in [3.05, 3.63) is 72.1 Å². The fourth-order valence-electron chi connectivity index (χ4n) is 5.21. The van der Waals surface area contributed by atoms with Crippen molar-refractivity contribution in [2.24, 2.45) is 0 Å². The lowest BCUT2D eigenvalue weighted by Crippen LogP contribution is -2.05. The van der Waals surface area contributed by atoms with Crippen LogP contribution in [0.4, 0.5) is 0 Å². The molecule has 0 unspecified atom stereocenters. The van der Waals surface area contributed by atoms with Gasteiger partial charge in [0, 0.05) is 39.8 Å². The molecule has 0 spiro atoms. The number of imidazole rings is 2. The lowest BCUT2D eigenvalue weighted by atomic mass is 9.96. The maximum absolute atomic E-state index is 6.14. The molecule has 0 saturated carbocycles. The van der Waals surface area contributed by atoms with E-state index in [1.807, 2.05) is 12.3 Å². The standard InChI is InChI=1S/C30H27N5O/c1-15(2)29-32-23-14-36-24-13-18(8-10-20(24)26(23)33-29)17-7-9-19-22(12-17)25-21(6-5-11-31-25)28-27(19)34-30(35-28)16(3)4/h5-13,15-16H,14H2,1-4H3,(H,32,33)(H,34,35). The molecule has 0 bridgehead atoms. The summed E-state index contributed by atoms with van der Waals surface area (Å²) in [6, 6.07) is 17.1. The van der Waals surface area contributed by atoms with Crippen LogP contribution in [0, 0.1) is 0 Å². The van der Waals surface area contributed by atoms with E-state index in [-0.39, 0.29) is 0 Å². The number of hydrogen-bond donors (Lipinski definition) is 2. The SMILES string of the molecule is CC(C)c1nc2c([nH]1)-c1ccc(-c3ccc4c(c3)c3ncccc3c3nc(C(C)C)[nH]c43)cc1OC2. The first-order valence-corrected chi connectivity index (χ1v) is 12.5. The molecule has 6 heteroatoms. The van der Waals surface area contributed by atoms with Gasteiger partial charge < -0.3 is 14.7 Å².